The van der Waals surface area contributed by atoms with Gasteiger partial charge in [0.1, 0.15) is 16.2 Å². The predicted octanol–water partition coefficient (Wildman–Crippen LogP) is 2.93. The Hall–Kier alpha value is -2.53. The van der Waals surface area contributed by atoms with Crippen molar-refractivity contribution in [1.29, 1.82) is 0 Å². The summed E-state index contributed by atoms with van der Waals surface area (Å²) in [6, 6.07) is 10.9. The Labute approximate surface area is 170 Å². The topological polar surface area (TPSA) is 110 Å². The molecule has 2 N–H and O–H groups in total. The molecule has 0 spiro atoms. The van der Waals surface area contributed by atoms with E-state index in [2.05, 4.69) is 20.2 Å². The number of rotatable bonds is 7. The lowest BCUT2D eigenvalue weighted by Gasteiger charge is -2.12. The molecule has 0 unspecified atom stereocenters. The van der Waals surface area contributed by atoms with Crippen molar-refractivity contribution in [3.63, 3.8) is 0 Å². The van der Waals surface area contributed by atoms with Crippen molar-refractivity contribution in [3.05, 3.63) is 64.1 Å². The van der Waals surface area contributed by atoms with Gasteiger partial charge in [-0.15, -0.1) is 10.2 Å². The molecule has 3 rings (SSSR count). The third-order valence-electron chi connectivity index (χ3n) is 3.68. The first kappa shape index (κ1) is 20.2. The molecule has 1 amide bonds. The summed E-state index contributed by atoms with van der Waals surface area (Å²) in [4.78, 5) is 12.2. The molecule has 0 aliphatic carbocycles. The zero-order valence-corrected chi connectivity index (χ0v) is 16.9. The van der Waals surface area contributed by atoms with E-state index in [0.29, 0.717) is 10.2 Å². The molecule has 0 aliphatic heterocycles. The van der Waals surface area contributed by atoms with Crippen molar-refractivity contribution in [1.82, 2.24) is 14.9 Å². The summed E-state index contributed by atoms with van der Waals surface area (Å²) in [5.74, 6) is -0.385. The molecule has 146 valence electrons. The summed E-state index contributed by atoms with van der Waals surface area (Å²) in [7, 11) is -2.59. The Kier molecular flexibility index (Phi) is 6.25. The highest BCUT2D eigenvalue weighted by Crippen LogP contribution is 2.26. The van der Waals surface area contributed by atoms with Gasteiger partial charge in [0, 0.05) is 17.1 Å². The molecular formula is C17H15ClN4O4S2. The van der Waals surface area contributed by atoms with Gasteiger partial charge in [0.05, 0.1) is 7.11 Å². The van der Waals surface area contributed by atoms with Crippen LogP contribution in [-0.4, -0.2) is 31.6 Å². The molecule has 0 atom stereocenters. The smallest absolute Gasteiger partial charge is 0.257 e. The number of aromatic nitrogens is 2. The second-order valence-electron chi connectivity index (χ2n) is 5.51. The molecule has 8 nitrogen and oxygen atoms in total. The minimum Gasteiger partial charge on any atom is -0.495 e. The summed E-state index contributed by atoms with van der Waals surface area (Å²) in [6.45, 7) is 0.0594. The molecule has 0 radical (unpaired) electrons. The van der Waals surface area contributed by atoms with E-state index >= 15 is 0 Å². The number of ether oxygens (including phenoxy) is 1. The summed E-state index contributed by atoms with van der Waals surface area (Å²) in [5, 5.41) is 10.8. The summed E-state index contributed by atoms with van der Waals surface area (Å²) in [6.07, 6.45) is 0. The molecule has 0 aliphatic rings. The number of hydrogen-bond donors (Lipinski definition) is 2. The number of anilines is 1. The molecule has 0 bridgehead atoms. The van der Waals surface area contributed by atoms with E-state index in [9.17, 15) is 13.2 Å². The molecule has 1 aromatic heterocycles. The minimum atomic E-state index is -3.94. The van der Waals surface area contributed by atoms with Gasteiger partial charge in [0.15, 0.2) is 0 Å². The van der Waals surface area contributed by atoms with Crippen LogP contribution in [0.15, 0.2) is 52.9 Å². The first-order valence-electron chi connectivity index (χ1n) is 7.89. The monoisotopic (exact) mass is 438 g/mol. The molecule has 0 fully saturated rings. The normalized spacial score (nSPS) is 11.2. The van der Waals surface area contributed by atoms with Crippen LogP contribution >= 0.6 is 22.9 Å². The molecule has 0 saturated heterocycles. The van der Waals surface area contributed by atoms with Gasteiger partial charge in [-0.1, -0.05) is 35.1 Å². The van der Waals surface area contributed by atoms with E-state index in [0.717, 1.165) is 16.9 Å². The summed E-state index contributed by atoms with van der Waals surface area (Å²) >= 11 is 6.99. The Morgan fingerprint density at radius 2 is 1.96 bits per heavy atom. The third kappa shape index (κ3) is 4.84. The van der Waals surface area contributed by atoms with Crippen LogP contribution in [-0.2, 0) is 16.6 Å². The Bertz CT molecular complexity index is 1070. The molecule has 28 heavy (non-hydrogen) atoms. The Morgan fingerprint density at radius 3 is 2.61 bits per heavy atom. The van der Waals surface area contributed by atoms with Gasteiger partial charge in [-0.3, -0.25) is 10.1 Å². The van der Waals surface area contributed by atoms with Gasteiger partial charge < -0.3 is 4.74 Å². The van der Waals surface area contributed by atoms with Gasteiger partial charge >= 0.3 is 0 Å². The number of benzene rings is 2. The minimum absolute atomic E-state index is 0.0594. The van der Waals surface area contributed by atoms with Gasteiger partial charge in [0.2, 0.25) is 15.2 Å². The van der Waals surface area contributed by atoms with Crippen molar-refractivity contribution >= 4 is 44.0 Å². The number of carbonyl (C=O) groups excluding carboxylic acids is 1. The lowest BCUT2D eigenvalue weighted by molar-refractivity contribution is 0.102. The van der Waals surface area contributed by atoms with Crippen LogP contribution < -0.4 is 14.8 Å². The van der Waals surface area contributed by atoms with Gasteiger partial charge in [-0.25, -0.2) is 13.1 Å². The van der Waals surface area contributed by atoms with Crippen LogP contribution in [0.5, 0.6) is 5.75 Å². The number of carbonyl (C=O) groups is 1. The van der Waals surface area contributed by atoms with Crippen LogP contribution in [0.25, 0.3) is 0 Å². The fourth-order valence-electron chi connectivity index (χ4n) is 2.28. The van der Waals surface area contributed by atoms with Crippen molar-refractivity contribution in [2.24, 2.45) is 0 Å². The number of nitrogens with one attached hydrogen (secondary N) is 2. The van der Waals surface area contributed by atoms with Crippen molar-refractivity contribution < 1.29 is 17.9 Å². The zero-order valence-electron chi connectivity index (χ0n) is 14.5. The number of sulfonamides is 1. The maximum absolute atomic E-state index is 12.8. The van der Waals surface area contributed by atoms with E-state index in [1.54, 1.807) is 24.3 Å². The van der Waals surface area contributed by atoms with Crippen LogP contribution in [0.4, 0.5) is 5.13 Å². The van der Waals surface area contributed by atoms with Crippen molar-refractivity contribution in [2.45, 2.75) is 11.4 Å². The van der Waals surface area contributed by atoms with Crippen molar-refractivity contribution in [3.8, 4) is 5.75 Å². The first-order valence-corrected chi connectivity index (χ1v) is 10.6. The molecule has 3 aromatic rings. The molecule has 1 heterocycles. The summed E-state index contributed by atoms with van der Waals surface area (Å²) in [5.41, 5.74) is 2.35. The maximum atomic E-state index is 12.8. The molecular weight excluding hydrogens is 424 g/mol. The number of nitrogens with zero attached hydrogens (tertiary/aromatic N) is 2. The van der Waals surface area contributed by atoms with Gasteiger partial charge in [0.25, 0.3) is 5.91 Å². The zero-order chi connectivity index (χ0) is 20.1. The highest BCUT2D eigenvalue weighted by atomic mass is 35.5. The average Bonchev–Trinajstić information content (AvgIpc) is 3.20. The summed E-state index contributed by atoms with van der Waals surface area (Å²) < 4.78 is 33.2. The second kappa shape index (κ2) is 8.65. The second-order valence-corrected chi connectivity index (χ2v) is 8.52. The van der Waals surface area contributed by atoms with Gasteiger partial charge in [-0.2, -0.15) is 0 Å². The number of methoxy groups -OCH3 is 1. The fraction of sp³-hybridized carbons (Fsp3) is 0.118. The Morgan fingerprint density at radius 1 is 1.21 bits per heavy atom. The van der Waals surface area contributed by atoms with E-state index in [-0.39, 0.29) is 22.8 Å². The van der Waals surface area contributed by atoms with Crippen molar-refractivity contribution in [2.75, 3.05) is 12.4 Å². The number of amides is 1. The van der Waals surface area contributed by atoms with E-state index < -0.39 is 15.9 Å². The quantitative estimate of drug-likeness (QED) is 0.586. The van der Waals surface area contributed by atoms with Crippen LogP contribution in [0, 0.1) is 0 Å². The van der Waals surface area contributed by atoms with E-state index in [1.165, 1.54) is 30.8 Å². The SMILES string of the molecule is COc1ccc(C(=O)Nc2nncs2)cc1S(=O)(=O)NCc1ccc(Cl)cc1. The molecule has 11 heteroatoms. The fourth-order valence-corrected chi connectivity index (χ4v) is 4.06. The first-order chi connectivity index (χ1) is 13.4. The Balaban J connectivity index is 1.83. The number of halogens is 1. The van der Waals surface area contributed by atoms with Gasteiger partial charge in [-0.05, 0) is 35.9 Å². The standard InChI is InChI=1S/C17H15ClN4O4S2/c1-26-14-7-4-12(16(23)21-17-22-19-10-27-17)8-15(14)28(24,25)20-9-11-2-5-13(18)6-3-11/h2-8,10,20H,9H2,1H3,(H,21,22,23). The highest BCUT2D eigenvalue weighted by molar-refractivity contribution is 7.89. The van der Waals surface area contributed by atoms with Crippen LogP contribution in [0.3, 0.4) is 0 Å². The van der Waals surface area contributed by atoms with E-state index in [4.69, 9.17) is 16.3 Å². The molecule has 2 aromatic carbocycles. The molecule has 0 saturated carbocycles. The lowest BCUT2D eigenvalue weighted by Crippen LogP contribution is -2.24. The lowest BCUT2D eigenvalue weighted by atomic mass is 10.2. The predicted molar refractivity (Wildman–Crippen MR) is 106 cm³/mol. The average molecular weight is 439 g/mol. The maximum Gasteiger partial charge on any atom is 0.257 e. The largest absolute Gasteiger partial charge is 0.495 e. The van der Waals surface area contributed by atoms with Crippen LogP contribution in [0.1, 0.15) is 15.9 Å². The van der Waals surface area contributed by atoms with Crippen LogP contribution in [0.2, 0.25) is 5.02 Å². The third-order valence-corrected chi connectivity index (χ3v) is 5.96. The number of hydrogen-bond acceptors (Lipinski definition) is 7. The highest BCUT2D eigenvalue weighted by Gasteiger charge is 2.22. The van der Waals surface area contributed by atoms with E-state index in [1.807, 2.05) is 0 Å².